The van der Waals surface area contributed by atoms with Gasteiger partial charge in [-0.3, -0.25) is 9.69 Å². The van der Waals surface area contributed by atoms with Crippen LogP contribution in [0, 0.1) is 17.8 Å². The average molecular weight is 527 g/mol. The Kier molecular flexibility index (Phi) is 6.53. The number of anilines is 1. The zero-order valence-electron chi connectivity index (χ0n) is 22.4. The highest BCUT2D eigenvalue weighted by atomic mass is 16.5. The van der Waals surface area contributed by atoms with Crippen molar-refractivity contribution in [2.24, 2.45) is 13.0 Å². The molecule has 0 radical (unpaired) electrons. The van der Waals surface area contributed by atoms with Crippen molar-refractivity contribution in [2.75, 3.05) is 39.0 Å². The minimum Gasteiger partial charge on any atom is -0.496 e. The number of aromatic nitrogens is 3. The lowest BCUT2D eigenvalue weighted by atomic mass is 9.91. The van der Waals surface area contributed by atoms with Gasteiger partial charge in [0, 0.05) is 50.7 Å². The molecule has 1 saturated carbocycles. The molecule has 3 aromatic rings. The number of benzene rings is 1. The van der Waals surface area contributed by atoms with Crippen molar-refractivity contribution in [2.45, 2.75) is 37.3 Å². The van der Waals surface area contributed by atoms with Crippen molar-refractivity contribution in [1.82, 2.24) is 24.3 Å². The second-order valence-corrected chi connectivity index (χ2v) is 10.8. The topological polar surface area (TPSA) is 110 Å². The summed E-state index contributed by atoms with van der Waals surface area (Å²) in [7, 11) is 3.67. The van der Waals surface area contributed by atoms with Crippen LogP contribution in [0.4, 0.5) is 5.82 Å². The van der Waals surface area contributed by atoms with Gasteiger partial charge in [0.25, 0.3) is 0 Å². The number of nitrogen functional groups attached to an aromatic ring is 1. The number of amides is 1. The van der Waals surface area contributed by atoms with Crippen LogP contribution < -0.4 is 10.5 Å². The van der Waals surface area contributed by atoms with Gasteiger partial charge in [0.2, 0.25) is 5.91 Å². The van der Waals surface area contributed by atoms with Crippen LogP contribution in [0.15, 0.2) is 37.2 Å². The van der Waals surface area contributed by atoms with E-state index in [0.29, 0.717) is 24.8 Å². The molecule has 1 aromatic carbocycles. The molecule has 6 rings (SSSR count). The highest BCUT2D eigenvalue weighted by Crippen LogP contribution is 2.46. The lowest BCUT2D eigenvalue weighted by Gasteiger charge is -2.47. The zero-order valence-corrected chi connectivity index (χ0v) is 22.4. The Morgan fingerprint density at radius 3 is 2.72 bits per heavy atom. The van der Waals surface area contributed by atoms with E-state index in [-0.39, 0.29) is 17.9 Å². The van der Waals surface area contributed by atoms with Crippen molar-refractivity contribution in [3.8, 4) is 28.7 Å². The summed E-state index contributed by atoms with van der Waals surface area (Å²) in [6, 6.07) is 6.40. The Hall–Kier alpha value is -3.87. The van der Waals surface area contributed by atoms with Gasteiger partial charge >= 0.3 is 0 Å². The highest BCUT2D eigenvalue weighted by molar-refractivity contribution is 6.03. The lowest BCUT2D eigenvalue weighted by Crippen LogP contribution is -2.61. The molecular weight excluding hydrogens is 492 g/mol. The number of aryl methyl sites for hydroxylation is 1. The van der Waals surface area contributed by atoms with E-state index in [1.165, 1.54) is 30.8 Å². The number of fused-ring (bicyclic) bond motifs is 1. The number of hydrogen-bond acceptors (Lipinski definition) is 7. The number of nitrogens with two attached hydrogens (primary N) is 1. The number of ether oxygens (including phenoxy) is 1. The maximum Gasteiger partial charge on any atom is 0.246 e. The summed E-state index contributed by atoms with van der Waals surface area (Å²) in [5.41, 5.74) is 11.1. The molecule has 0 spiro atoms. The second kappa shape index (κ2) is 10.0. The molecule has 2 atom stereocenters. The number of likely N-dealkylation sites (tertiary alicyclic amines) is 2. The highest BCUT2D eigenvalue weighted by Gasteiger charge is 2.39. The van der Waals surface area contributed by atoms with Crippen LogP contribution in [-0.4, -0.2) is 80.8 Å². The van der Waals surface area contributed by atoms with Gasteiger partial charge < -0.3 is 25.0 Å². The molecule has 3 fully saturated rings. The number of aliphatic hydroxyl groups is 1. The number of aliphatic hydroxyl groups excluding tert-OH is 1. The smallest absolute Gasteiger partial charge is 0.246 e. The van der Waals surface area contributed by atoms with Crippen molar-refractivity contribution in [1.29, 1.82) is 0 Å². The summed E-state index contributed by atoms with van der Waals surface area (Å²) in [5, 5.41) is 11.5. The molecule has 2 aliphatic heterocycles. The monoisotopic (exact) mass is 526 g/mol. The minimum atomic E-state index is -0.573. The molecule has 3 N–H and O–H groups in total. The molecule has 9 heteroatoms. The molecule has 2 unspecified atom stereocenters. The Balaban J connectivity index is 1.27. The first-order valence-corrected chi connectivity index (χ1v) is 13.5. The predicted octanol–water partition coefficient (Wildman–Crippen LogP) is 2.53. The molecular formula is C30H34N6O3. The summed E-state index contributed by atoms with van der Waals surface area (Å²) >= 11 is 0. The summed E-state index contributed by atoms with van der Waals surface area (Å²) in [6.45, 7) is 6.09. The molecule has 3 aliphatic rings. The van der Waals surface area contributed by atoms with E-state index >= 15 is 0 Å². The summed E-state index contributed by atoms with van der Waals surface area (Å²) < 4.78 is 7.76. The van der Waals surface area contributed by atoms with Crippen molar-refractivity contribution >= 4 is 22.8 Å². The Morgan fingerprint density at radius 1 is 1.23 bits per heavy atom. The first-order valence-electron chi connectivity index (χ1n) is 13.5. The Bertz CT molecular complexity index is 1510. The molecule has 9 nitrogen and oxygen atoms in total. The molecule has 2 saturated heterocycles. The quantitative estimate of drug-likeness (QED) is 0.388. The SMILES string of the molecule is C=CC(=O)N1CCC(N2CC(C#Cc3c(-c4ccc(C5CC5)c(OC)c4)c4c(N)ncnc4n3C)C2)C(O)C1. The third-order valence-corrected chi connectivity index (χ3v) is 8.34. The molecule has 0 bridgehead atoms. The molecule has 2 aromatic heterocycles. The predicted molar refractivity (Wildman–Crippen MR) is 150 cm³/mol. The summed E-state index contributed by atoms with van der Waals surface area (Å²) in [4.78, 5) is 24.6. The van der Waals surface area contributed by atoms with Gasteiger partial charge in [0.05, 0.1) is 18.6 Å². The maximum atomic E-state index is 11.9. The minimum absolute atomic E-state index is 0.0395. The third kappa shape index (κ3) is 4.54. The van der Waals surface area contributed by atoms with E-state index in [1.807, 2.05) is 11.6 Å². The molecule has 39 heavy (non-hydrogen) atoms. The van der Waals surface area contributed by atoms with Gasteiger partial charge in [0.15, 0.2) is 0 Å². The van der Waals surface area contributed by atoms with Crippen molar-refractivity contribution < 1.29 is 14.6 Å². The van der Waals surface area contributed by atoms with Gasteiger partial charge in [-0.2, -0.15) is 0 Å². The fourth-order valence-corrected chi connectivity index (χ4v) is 6.02. The standard InChI is InChI=1S/C30H34N6O3/c1-4-26(38)35-12-11-22(24(37)16-35)36-14-18(15-36)5-10-23-27(28-29(31)32-17-33-30(28)34(23)2)20-8-9-21(19-6-7-19)25(13-20)39-3/h4,8-9,13,17-19,22,24,37H,1,6-7,11-12,14-16H2,2-3H3,(H2,31,32,33). The van der Waals surface area contributed by atoms with Gasteiger partial charge in [-0.15, -0.1) is 0 Å². The molecule has 1 amide bonds. The van der Waals surface area contributed by atoms with Crippen LogP contribution in [0.25, 0.3) is 22.2 Å². The van der Waals surface area contributed by atoms with E-state index in [0.717, 1.165) is 53.1 Å². The number of β-amino-alcohol motifs (C(OH)–C–C–N with tert-alkyl or cyclic N) is 1. The number of hydrogen-bond donors (Lipinski definition) is 2. The first-order chi connectivity index (χ1) is 18.9. The summed E-state index contributed by atoms with van der Waals surface area (Å²) in [5.74, 6) is 8.85. The van der Waals surface area contributed by atoms with Crippen LogP contribution >= 0.6 is 0 Å². The third-order valence-electron chi connectivity index (χ3n) is 8.34. The van der Waals surface area contributed by atoms with E-state index in [9.17, 15) is 9.90 Å². The number of methoxy groups -OCH3 is 1. The number of rotatable bonds is 5. The van der Waals surface area contributed by atoms with Crippen LogP contribution in [0.5, 0.6) is 5.75 Å². The van der Waals surface area contributed by atoms with Gasteiger partial charge in [-0.05, 0) is 54.4 Å². The summed E-state index contributed by atoms with van der Waals surface area (Å²) in [6.07, 6.45) is 5.35. The normalized spacial score (nSPS) is 21.8. The zero-order chi connectivity index (χ0) is 27.3. The van der Waals surface area contributed by atoms with E-state index < -0.39 is 6.10 Å². The van der Waals surface area contributed by atoms with E-state index in [2.05, 4.69) is 51.5 Å². The van der Waals surface area contributed by atoms with Crippen LogP contribution in [0.2, 0.25) is 0 Å². The number of carbonyl (C=O) groups is 1. The van der Waals surface area contributed by atoms with E-state index in [4.69, 9.17) is 10.5 Å². The number of nitrogens with zero attached hydrogens (tertiary/aromatic N) is 5. The van der Waals surface area contributed by atoms with Crippen molar-refractivity contribution in [3.63, 3.8) is 0 Å². The number of piperidine rings is 1. The Labute approximate surface area is 228 Å². The lowest BCUT2D eigenvalue weighted by molar-refractivity contribution is -0.132. The average Bonchev–Trinajstić information content (AvgIpc) is 3.72. The fraction of sp³-hybridized carbons (Fsp3) is 0.433. The van der Waals surface area contributed by atoms with E-state index in [1.54, 1.807) is 12.0 Å². The largest absolute Gasteiger partial charge is 0.496 e. The molecule has 4 heterocycles. The van der Waals surface area contributed by atoms with Crippen LogP contribution in [0.3, 0.4) is 0 Å². The second-order valence-electron chi connectivity index (χ2n) is 10.8. The fourth-order valence-electron chi connectivity index (χ4n) is 6.02. The first kappa shape index (κ1) is 25.4. The van der Waals surface area contributed by atoms with Gasteiger partial charge in [-0.25, -0.2) is 9.97 Å². The Morgan fingerprint density at radius 2 is 2.03 bits per heavy atom. The maximum absolute atomic E-state index is 11.9. The van der Waals surface area contributed by atoms with Crippen LogP contribution in [0.1, 0.15) is 36.4 Å². The van der Waals surface area contributed by atoms with Gasteiger partial charge in [-0.1, -0.05) is 24.6 Å². The van der Waals surface area contributed by atoms with Gasteiger partial charge in [0.1, 0.15) is 29.2 Å². The number of carbonyl (C=O) groups excluding carboxylic acids is 1. The van der Waals surface area contributed by atoms with Crippen LogP contribution in [-0.2, 0) is 11.8 Å². The molecule has 202 valence electrons. The van der Waals surface area contributed by atoms with Crippen molar-refractivity contribution in [3.05, 3.63) is 48.4 Å². The molecule has 1 aliphatic carbocycles.